The fourth-order valence-corrected chi connectivity index (χ4v) is 2.71. The molecule has 0 aromatic carbocycles. The molecule has 0 saturated carbocycles. The summed E-state index contributed by atoms with van der Waals surface area (Å²) >= 11 is 0. The Hall–Kier alpha value is -1.35. The van der Waals surface area contributed by atoms with Crippen molar-refractivity contribution < 1.29 is 26.8 Å². The summed E-state index contributed by atoms with van der Waals surface area (Å²) in [6.45, 7) is 7.54. The number of aromatic nitrogens is 1. The Kier molecular flexibility index (Phi) is 14.1. The van der Waals surface area contributed by atoms with Crippen LogP contribution in [0.4, 0.5) is 0 Å². The lowest BCUT2D eigenvalue weighted by molar-refractivity contribution is -0.874. The van der Waals surface area contributed by atoms with Gasteiger partial charge in [0.05, 0.1) is 0 Å². The van der Waals surface area contributed by atoms with E-state index in [1.807, 2.05) is 18.2 Å². The van der Waals surface area contributed by atoms with Gasteiger partial charge in [-0.3, -0.25) is 0 Å². The largest absolute Gasteiger partial charge is 1.00 e. The van der Waals surface area contributed by atoms with Gasteiger partial charge >= 0.3 is 5.97 Å². The number of hydrogen-bond acceptors (Lipinski definition) is 2. The molecule has 0 aliphatic carbocycles. The van der Waals surface area contributed by atoms with Gasteiger partial charge in [-0.2, -0.15) is 4.84 Å². The topological polar surface area (TPSA) is 30.2 Å². The molecule has 0 amide bonds. The average Bonchev–Trinajstić information content (AvgIpc) is 2.57. The van der Waals surface area contributed by atoms with Crippen LogP contribution in [0.5, 0.6) is 0 Å². The van der Waals surface area contributed by atoms with Crippen LogP contribution in [-0.2, 0) is 11.2 Å². The van der Waals surface area contributed by atoms with E-state index in [0.717, 1.165) is 18.5 Å². The summed E-state index contributed by atoms with van der Waals surface area (Å²) in [5.41, 5.74) is 1.45. The van der Waals surface area contributed by atoms with Crippen molar-refractivity contribution in [3.63, 3.8) is 0 Å². The van der Waals surface area contributed by atoms with E-state index >= 15 is 0 Å². The SMILES string of the molecule is C=C(C)C(=O)O[n+]1ccccc1CCCCCCCCCCCC.[Cl-]. The van der Waals surface area contributed by atoms with Crippen molar-refractivity contribution in [2.75, 3.05) is 0 Å². The fraction of sp³-hybridized carbons (Fsp3) is 0.619. The molecule has 0 radical (unpaired) electrons. The summed E-state index contributed by atoms with van der Waals surface area (Å²) in [6.07, 6.45) is 16.0. The van der Waals surface area contributed by atoms with Gasteiger partial charge in [0.15, 0.2) is 0 Å². The Morgan fingerprint density at radius 3 is 2.12 bits per heavy atom. The van der Waals surface area contributed by atoms with Crippen LogP contribution in [-0.4, -0.2) is 5.97 Å². The lowest BCUT2D eigenvalue weighted by Crippen LogP contribution is -3.00. The van der Waals surface area contributed by atoms with Crippen LogP contribution in [0.2, 0.25) is 0 Å². The number of halogens is 1. The molecule has 0 N–H and O–H groups in total. The van der Waals surface area contributed by atoms with Gasteiger partial charge in [0.25, 0.3) is 0 Å². The second-order valence-corrected chi connectivity index (χ2v) is 6.61. The second kappa shape index (κ2) is 14.9. The van der Waals surface area contributed by atoms with Gasteiger partial charge < -0.3 is 12.4 Å². The van der Waals surface area contributed by atoms with E-state index in [0.29, 0.717) is 5.57 Å². The Morgan fingerprint density at radius 2 is 1.56 bits per heavy atom. The Balaban J connectivity index is 0.00000576. The Labute approximate surface area is 159 Å². The minimum atomic E-state index is -0.379. The monoisotopic (exact) mass is 367 g/mol. The molecule has 3 nitrogen and oxygen atoms in total. The third-order valence-electron chi connectivity index (χ3n) is 4.22. The molecule has 0 bridgehead atoms. The van der Waals surface area contributed by atoms with Crippen LogP contribution in [0.15, 0.2) is 36.5 Å². The first-order chi connectivity index (χ1) is 11.6. The predicted molar refractivity (Wildman–Crippen MR) is 98.6 cm³/mol. The molecule has 4 heteroatoms. The zero-order valence-electron chi connectivity index (χ0n) is 15.9. The summed E-state index contributed by atoms with van der Waals surface area (Å²) in [6, 6.07) is 5.86. The van der Waals surface area contributed by atoms with Crippen molar-refractivity contribution in [2.24, 2.45) is 0 Å². The molecule has 1 heterocycles. The summed E-state index contributed by atoms with van der Waals surface area (Å²) in [4.78, 5) is 17.0. The van der Waals surface area contributed by atoms with Gasteiger partial charge in [-0.05, 0) is 19.4 Å². The van der Waals surface area contributed by atoms with Crippen LogP contribution in [0.3, 0.4) is 0 Å². The van der Waals surface area contributed by atoms with Crippen LogP contribution in [0, 0.1) is 0 Å². The standard InChI is InChI=1S/C21H34NO2.ClH/c1-4-5-6-7-8-9-10-11-12-13-16-20-17-14-15-18-22(20)24-21(23)19(2)3;/h14-15,17-18H,2,4-13,16H2,1,3H3;1H/q+1;/p-1. The van der Waals surface area contributed by atoms with E-state index in [1.54, 1.807) is 17.9 Å². The lowest BCUT2D eigenvalue weighted by atomic mass is 10.1. The molecule has 0 aliphatic rings. The number of carbonyl (C=O) groups excluding carboxylic acids is 1. The molecule has 1 rings (SSSR count). The predicted octanol–water partition coefficient (Wildman–Crippen LogP) is 1.97. The molecule has 25 heavy (non-hydrogen) atoms. The van der Waals surface area contributed by atoms with Gasteiger partial charge in [-0.25, -0.2) is 4.79 Å². The van der Waals surface area contributed by atoms with E-state index < -0.39 is 0 Å². The number of unbranched alkanes of at least 4 members (excludes halogenated alkanes) is 9. The smallest absolute Gasteiger partial charge is 0.406 e. The quantitative estimate of drug-likeness (QED) is 0.303. The maximum absolute atomic E-state index is 11.7. The summed E-state index contributed by atoms with van der Waals surface area (Å²) in [5.74, 6) is -0.379. The third-order valence-corrected chi connectivity index (χ3v) is 4.22. The van der Waals surface area contributed by atoms with Crippen molar-refractivity contribution in [2.45, 2.75) is 84.5 Å². The fourth-order valence-electron chi connectivity index (χ4n) is 2.71. The zero-order chi connectivity index (χ0) is 17.6. The maximum atomic E-state index is 11.7. The van der Waals surface area contributed by atoms with E-state index in [-0.39, 0.29) is 18.4 Å². The summed E-state index contributed by atoms with van der Waals surface area (Å²) < 4.78 is 1.57. The molecule has 0 spiro atoms. The van der Waals surface area contributed by atoms with Gasteiger partial charge in [0.2, 0.25) is 11.9 Å². The number of carbonyl (C=O) groups is 1. The molecule has 142 valence electrons. The highest BCUT2D eigenvalue weighted by atomic mass is 35.5. The number of aryl methyl sites for hydroxylation is 1. The molecule has 0 fully saturated rings. The van der Waals surface area contributed by atoms with Crippen molar-refractivity contribution in [3.05, 3.63) is 42.2 Å². The van der Waals surface area contributed by atoms with Crippen LogP contribution >= 0.6 is 0 Å². The van der Waals surface area contributed by atoms with E-state index in [2.05, 4.69) is 13.5 Å². The molecule has 1 aromatic rings. The van der Waals surface area contributed by atoms with Crippen LogP contribution in [0.25, 0.3) is 0 Å². The minimum Gasteiger partial charge on any atom is -1.00 e. The summed E-state index contributed by atoms with van der Waals surface area (Å²) in [5, 5.41) is 0. The van der Waals surface area contributed by atoms with Crippen molar-refractivity contribution >= 4 is 5.97 Å². The first-order valence-electron chi connectivity index (χ1n) is 9.53. The first-order valence-corrected chi connectivity index (χ1v) is 9.53. The molecular weight excluding hydrogens is 334 g/mol. The van der Waals surface area contributed by atoms with Crippen LogP contribution < -0.4 is 22.0 Å². The highest BCUT2D eigenvalue weighted by Crippen LogP contribution is 2.11. The first kappa shape index (κ1) is 23.6. The minimum absolute atomic E-state index is 0. The highest BCUT2D eigenvalue weighted by molar-refractivity contribution is 5.86. The number of pyridine rings is 1. The molecule has 0 saturated heterocycles. The number of hydrogen-bond donors (Lipinski definition) is 0. The molecule has 0 aliphatic heterocycles. The van der Waals surface area contributed by atoms with Crippen LogP contribution in [0.1, 0.15) is 83.7 Å². The van der Waals surface area contributed by atoms with Crippen molar-refractivity contribution in [1.82, 2.24) is 0 Å². The third kappa shape index (κ3) is 11.0. The molecule has 0 atom stereocenters. The van der Waals surface area contributed by atoms with Gasteiger partial charge in [0.1, 0.15) is 0 Å². The highest BCUT2D eigenvalue weighted by Gasteiger charge is 2.16. The maximum Gasteiger partial charge on any atom is 0.406 e. The van der Waals surface area contributed by atoms with Gasteiger partial charge in [0, 0.05) is 28.9 Å². The van der Waals surface area contributed by atoms with Crippen molar-refractivity contribution in [1.29, 1.82) is 0 Å². The van der Waals surface area contributed by atoms with Gasteiger partial charge in [-0.1, -0.05) is 71.3 Å². The lowest BCUT2D eigenvalue weighted by Gasteiger charge is -2.03. The Bertz CT molecular complexity index is 502. The molecule has 0 unspecified atom stereocenters. The van der Waals surface area contributed by atoms with E-state index in [4.69, 9.17) is 4.84 Å². The van der Waals surface area contributed by atoms with Crippen molar-refractivity contribution in [3.8, 4) is 0 Å². The number of nitrogens with zero attached hydrogens (tertiary/aromatic N) is 1. The summed E-state index contributed by atoms with van der Waals surface area (Å²) in [7, 11) is 0. The van der Waals surface area contributed by atoms with E-state index in [1.165, 1.54) is 57.8 Å². The zero-order valence-corrected chi connectivity index (χ0v) is 16.7. The Morgan fingerprint density at radius 1 is 1.00 bits per heavy atom. The van der Waals surface area contributed by atoms with Gasteiger partial charge in [-0.15, -0.1) is 0 Å². The molecule has 1 aromatic heterocycles. The average molecular weight is 368 g/mol. The molecular formula is C21H34ClNO2. The normalized spacial score (nSPS) is 10.2. The second-order valence-electron chi connectivity index (χ2n) is 6.61. The van der Waals surface area contributed by atoms with E-state index in [9.17, 15) is 4.79 Å². The number of rotatable bonds is 13.